The summed E-state index contributed by atoms with van der Waals surface area (Å²) >= 11 is 0. The number of amides is 2. The predicted octanol–water partition coefficient (Wildman–Crippen LogP) is 1.90. The number of carbonyl (C=O) groups excluding carboxylic acids is 2. The number of pyridine rings is 1. The molecule has 1 aromatic rings. The monoisotopic (exact) mass is 325 g/mol. The van der Waals surface area contributed by atoms with E-state index in [0.29, 0.717) is 50.0 Å². The van der Waals surface area contributed by atoms with E-state index in [1.54, 1.807) is 17.2 Å². The van der Waals surface area contributed by atoms with Crippen LogP contribution >= 0.6 is 0 Å². The Morgan fingerprint density at radius 2 is 2.21 bits per heavy atom. The fraction of sp³-hybridized carbons (Fsp3) is 0.471. The summed E-state index contributed by atoms with van der Waals surface area (Å²) < 4.78 is 0. The van der Waals surface area contributed by atoms with Crippen LogP contribution in [0, 0.1) is 12.3 Å². The zero-order valence-electron chi connectivity index (χ0n) is 13.4. The number of carbonyl (C=O) groups is 2. The lowest BCUT2D eigenvalue weighted by molar-refractivity contribution is -0.117. The molecule has 2 aliphatic heterocycles. The van der Waals surface area contributed by atoms with Crippen molar-refractivity contribution in [3.63, 3.8) is 0 Å². The zero-order chi connectivity index (χ0) is 17.0. The SMILES string of the molecule is C#CCCC1(CCNC(=O)c2cncc(N3CCCC3=O)c2)N=N1. The summed E-state index contributed by atoms with van der Waals surface area (Å²) in [7, 11) is 0. The molecule has 7 nitrogen and oxygen atoms in total. The van der Waals surface area contributed by atoms with Gasteiger partial charge in [0.2, 0.25) is 5.91 Å². The number of nitrogens with zero attached hydrogens (tertiary/aromatic N) is 4. The van der Waals surface area contributed by atoms with Crippen LogP contribution in [0.5, 0.6) is 0 Å². The maximum absolute atomic E-state index is 12.3. The Kier molecular flexibility index (Phi) is 4.56. The molecule has 0 bridgehead atoms. The molecule has 3 rings (SSSR count). The van der Waals surface area contributed by atoms with Gasteiger partial charge in [-0.15, -0.1) is 12.3 Å². The molecule has 1 N–H and O–H groups in total. The average molecular weight is 325 g/mol. The van der Waals surface area contributed by atoms with Gasteiger partial charge in [0.05, 0.1) is 17.4 Å². The van der Waals surface area contributed by atoms with E-state index in [9.17, 15) is 9.59 Å². The van der Waals surface area contributed by atoms with E-state index in [0.717, 1.165) is 6.42 Å². The van der Waals surface area contributed by atoms with Gasteiger partial charge in [0.25, 0.3) is 5.91 Å². The molecule has 0 aromatic carbocycles. The van der Waals surface area contributed by atoms with E-state index in [1.807, 2.05) is 0 Å². The van der Waals surface area contributed by atoms with Gasteiger partial charge in [0, 0.05) is 45.0 Å². The molecule has 1 fully saturated rings. The first-order chi connectivity index (χ1) is 11.6. The predicted molar refractivity (Wildman–Crippen MR) is 88.4 cm³/mol. The molecule has 1 saturated heterocycles. The molecule has 0 unspecified atom stereocenters. The summed E-state index contributed by atoms with van der Waals surface area (Å²) in [4.78, 5) is 29.8. The molecular weight excluding hydrogens is 306 g/mol. The molecule has 0 spiro atoms. The van der Waals surface area contributed by atoms with Crippen molar-refractivity contribution in [1.82, 2.24) is 10.3 Å². The normalized spacial score (nSPS) is 17.6. The Labute approximate surface area is 140 Å². The maximum Gasteiger partial charge on any atom is 0.252 e. The zero-order valence-corrected chi connectivity index (χ0v) is 13.4. The Balaban J connectivity index is 1.54. The van der Waals surface area contributed by atoms with Crippen LogP contribution in [-0.4, -0.2) is 35.6 Å². The Morgan fingerprint density at radius 1 is 1.38 bits per heavy atom. The number of nitrogens with one attached hydrogen (secondary N) is 1. The van der Waals surface area contributed by atoms with E-state index in [4.69, 9.17) is 6.42 Å². The van der Waals surface area contributed by atoms with Gasteiger partial charge in [0.15, 0.2) is 5.66 Å². The molecule has 2 amide bonds. The van der Waals surface area contributed by atoms with Crippen LogP contribution in [0.15, 0.2) is 28.7 Å². The molecule has 0 aliphatic carbocycles. The minimum absolute atomic E-state index is 0.0711. The van der Waals surface area contributed by atoms with Gasteiger partial charge in [-0.05, 0) is 12.5 Å². The summed E-state index contributed by atoms with van der Waals surface area (Å²) in [5, 5.41) is 10.9. The second-order valence-corrected chi connectivity index (χ2v) is 5.97. The van der Waals surface area contributed by atoms with Crippen molar-refractivity contribution < 1.29 is 9.59 Å². The lowest BCUT2D eigenvalue weighted by Gasteiger charge is -2.16. The van der Waals surface area contributed by atoms with Gasteiger partial charge in [-0.25, -0.2) is 0 Å². The van der Waals surface area contributed by atoms with E-state index in [-0.39, 0.29) is 11.8 Å². The van der Waals surface area contributed by atoms with Crippen molar-refractivity contribution >= 4 is 17.5 Å². The molecular formula is C17H19N5O2. The van der Waals surface area contributed by atoms with E-state index >= 15 is 0 Å². The van der Waals surface area contributed by atoms with Gasteiger partial charge in [-0.1, -0.05) is 0 Å². The van der Waals surface area contributed by atoms with Gasteiger partial charge in [0.1, 0.15) is 0 Å². The van der Waals surface area contributed by atoms with Crippen LogP contribution in [0.2, 0.25) is 0 Å². The van der Waals surface area contributed by atoms with Crippen LogP contribution in [-0.2, 0) is 4.79 Å². The first kappa shape index (κ1) is 16.1. The lowest BCUT2D eigenvalue weighted by Crippen LogP contribution is -2.29. The van der Waals surface area contributed by atoms with Crippen molar-refractivity contribution in [2.24, 2.45) is 10.2 Å². The number of aromatic nitrogens is 1. The first-order valence-corrected chi connectivity index (χ1v) is 8.05. The fourth-order valence-electron chi connectivity index (χ4n) is 2.77. The van der Waals surface area contributed by atoms with E-state index in [1.165, 1.54) is 6.20 Å². The number of rotatable bonds is 7. The van der Waals surface area contributed by atoms with E-state index in [2.05, 4.69) is 26.4 Å². The largest absolute Gasteiger partial charge is 0.352 e. The smallest absolute Gasteiger partial charge is 0.252 e. The summed E-state index contributed by atoms with van der Waals surface area (Å²) in [5.41, 5.74) is 0.708. The average Bonchev–Trinajstić information content (AvgIpc) is 3.24. The Morgan fingerprint density at radius 3 is 2.88 bits per heavy atom. The summed E-state index contributed by atoms with van der Waals surface area (Å²) in [5.74, 6) is 2.43. The Hall–Kier alpha value is -2.75. The van der Waals surface area contributed by atoms with Gasteiger partial charge >= 0.3 is 0 Å². The van der Waals surface area contributed by atoms with Crippen LogP contribution in [0.3, 0.4) is 0 Å². The van der Waals surface area contributed by atoms with E-state index < -0.39 is 5.66 Å². The van der Waals surface area contributed by atoms with Gasteiger partial charge in [-0.2, -0.15) is 10.2 Å². The van der Waals surface area contributed by atoms with Gasteiger partial charge < -0.3 is 10.2 Å². The highest BCUT2D eigenvalue weighted by Crippen LogP contribution is 2.36. The molecule has 0 radical (unpaired) electrons. The van der Waals surface area contributed by atoms with Crippen LogP contribution < -0.4 is 10.2 Å². The molecule has 0 atom stereocenters. The summed E-state index contributed by atoms with van der Waals surface area (Å²) in [6.07, 6.45) is 11.7. The van der Waals surface area contributed by atoms with Crippen molar-refractivity contribution in [2.75, 3.05) is 18.0 Å². The fourth-order valence-corrected chi connectivity index (χ4v) is 2.77. The standard InChI is InChI=1S/C17H19N5O2/c1-2-3-6-17(20-21-17)7-8-19-16(24)13-10-14(12-18-11-13)22-9-4-5-15(22)23/h1,10-12H,3-9H2,(H,19,24). The van der Waals surface area contributed by atoms with Gasteiger partial charge in [-0.3, -0.25) is 14.6 Å². The number of hydrogen-bond acceptors (Lipinski definition) is 5. The number of anilines is 1. The van der Waals surface area contributed by atoms with Crippen molar-refractivity contribution in [1.29, 1.82) is 0 Å². The molecule has 24 heavy (non-hydrogen) atoms. The van der Waals surface area contributed by atoms with Crippen molar-refractivity contribution in [3.8, 4) is 12.3 Å². The minimum Gasteiger partial charge on any atom is -0.352 e. The van der Waals surface area contributed by atoms with Crippen LogP contribution in [0.4, 0.5) is 5.69 Å². The highest BCUT2D eigenvalue weighted by atomic mass is 16.2. The lowest BCUT2D eigenvalue weighted by atomic mass is 10.0. The minimum atomic E-state index is -0.401. The maximum atomic E-state index is 12.3. The van der Waals surface area contributed by atoms with Crippen molar-refractivity contribution in [2.45, 2.75) is 37.8 Å². The van der Waals surface area contributed by atoms with Crippen LogP contribution in [0.1, 0.15) is 42.5 Å². The molecule has 0 saturated carbocycles. The molecule has 1 aromatic heterocycles. The summed E-state index contributed by atoms with van der Waals surface area (Å²) in [6, 6.07) is 1.70. The molecule has 7 heteroatoms. The second-order valence-electron chi connectivity index (χ2n) is 5.97. The molecule has 124 valence electrons. The second kappa shape index (κ2) is 6.79. The third kappa shape index (κ3) is 3.59. The molecule has 2 aliphatic rings. The highest BCUT2D eigenvalue weighted by molar-refractivity contribution is 5.98. The third-order valence-corrected chi connectivity index (χ3v) is 4.23. The highest BCUT2D eigenvalue weighted by Gasteiger charge is 2.38. The third-order valence-electron chi connectivity index (χ3n) is 4.23. The first-order valence-electron chi connectivity index (χ1n) is 8.05. The topological polar surface area (TPSA) is 87.0 Å². The van der Waals surface area contributed by atoms with Crippen LogP contribution in [0.25, 0.3) is 0 Å². The number of hydrogen-bond donors (Lipinski definition) is 1. The quantitative estimate of drug-likeness (QED) is 0.777. The number of terminal acetylenes is 1. The summed E-state index contributed by atoms with van der Waals surface area (Å²) in [6.45, 7) is 1.13. The molecule has 3 heterocycles. The Bertz CT molecular complexity index is 716. The van der Waals surface area contributed by atoms with Crippen molar-refractivity contribution in [3.05, 3.63) is 24.0 Å².